The highest BCUT2D eigenvalue weighted by Crippen LogP contribution is 2.41. The number of piperidine rings is 1. The molecule has 0 spiro atoms. The number of aromatic nitrogens is 2. The second kappa shape index (κ2) is 5.17. The third kappa shape index (κ3) is 2.30. The maximum Gasteiger partial charge on any atom is 0.147 e. The number of nitrogens with zero attached hydrogens (tertiary/aromatic N) is 3. The molecule has 1 unspecified atom stereocenters. The predicted molar refractivity (Wildman–Crippen MR) is 80.4 cm³/mol. The minimum atomic E-state index is 0.564. The fraction of sp³-hybridized carbons (Fsp3) is 0.429. The molecule has 100 valence electrons. The highest BCUT2D eigenvalue weighted by Gasteiger charge is 2.25. The van der Waals surface area contributed by atoms with Gasteiger partial charge in [0, 0.05) is 25.0 Å². The Morgan fingerprint density at radius 2 is 2.11 bits per heavy atom. The van der Waals surface area contributed by atoms with Gasteiger partial charge in [-0.25, -0.2) is 0 Å². The molecule has 0 saturated carbocycles. The van der Waals surface area contributed by atoms with Crippen molar-refractivity contribution in [1.82, 2.24) is 9.36 Å². The minimum Gasteiger partial charge on any atom is -0.382 e. The number of pyridine rings is 1. The third-order valence-corrected chi connectivity index (χ3v) is 4.63. The molecule has 2 N–H and O–H groups in total. The number of anilines is 2. The highest BCUT2D eigenvalue weighted by atomic mass is 32.1. The first-order valence-electron chi connectivity index (χ1n) is 6.69. The summed E-state index contributed by atoms with van der Waals surface area (Å²) in [7, 11) is 0. The Balaban J connectivity index is 2.03. The smallest absolute Gasteiger partial charge is 0.147 e. The molecular formula is C14H18N4S. The van der Waals surface area contributed by atoms with Crippen molar-refractivity contribution in [3.8, 4) is 11.1 Å². The average molecular weight is 274 g/mol. The molecule has 5 heteroatoms. The molecule has 4 nitrogen and oxygen atoms in total. The van der Waals surface area contributed by atoms with Gasteiger partial charge in [-0.2, -0.15) is 4.37 Å². The average Bonchev–Trinajstić information content (AvgIpc) is 2.82. The summed E-state index contributed by atoms with van der Waals surface area (Å²) in [5.41, 5.74) is 8.25. The van der Waals surface area contributed by atoms with E-state index in [4.69, 9.17) is 5.73 Å². The van der Waals surface area contributed by atoms with E-state index in [0.717, 1.165) is 17.7 Å². The van der Waals surface area contributed by atoms with Crippen LogP contribution in [0.25, 0.3) is 11.1 Å². The standard InChI is InChI=1S/C14H18N4S/c1-10-4-2-3-9-18(10)14-12(13(15)17-19-14)11-5-7-16-8-6-11/h5-8,10H,2-4,9H2,1H3,(H2,15,17). The molecular weight excluding hydrogens is 256 g/mol. The fourth-order valence-electron chi connectivity index (χ4n) is 2.68. The summed E-state index contributed by atoms with van der Waals surface area (Å²) in [5, 5.41) is 1.20. The topological polar surface area (TPSA) is 55.0 Å². The first-order chi connectivity index (χ1) is 9.27. The van der Waals surface area contributed by atoms with Crippen LogP contribution in [-0.2, 0) is 0 Å². The maximum absolute atomic E-state index is 6.08. The van der Waals surface area contributed by atoms with Crippen molar-refractivity contribution in [3.63, 3.8) is 0 Å². The minimum absolute atomic E-state index is 0.564. The molecule has 1 atom stereocenters. The van der Waals surface area contributed by atoms with Gasteiger partial charge in [0.1, 0.15) is 10.8 Å². The van der Waals surface area contributed by atoms with Crippen LogP contribution >= 0.6 is 11.5 Å². The van der Waals surface area contributed by atoms with Gasteiger partial charge in [-0.3, -0.25) is 4.98 Å². The van der Waals surface area contributed by atoms with Crippen LogP contribution in [0.4, 0.5) is 10.8 Å². The molecule has 1 fully saturated rings. The van der Waals surface area contributed by atoms with E-state index < -0.39 is 0 Å². The molecule has 2 aromatic heterocycles. The van der Waals surface area contributed by atoms with Crippen LogP contribution in [0.1, 0.15) is 26.2 Å². The van der Waals surface area contributed by atoms with E-state index in [1.54, 1.807) is 12.4 Å². The second-order valence-corrected chi connectivity index (χ2v) is 5.77. The molecule has 1 aliphatic heterocycles. The SMILES string of the molecule is CC1CCCCN1c1snc(N)c1-c1ccncc1. The van der Waals surface area contributed by atoms with Crippen molar-refractivity contribution in [2.24, 2.45) is 0 Å². The van der Waals surface area contributed by atoms with Gasteiger partial charge in [-0.05, 0) is 55.4 Å². The number of nitrogens with two attached hydrogens (primary N) is 1. The molecule has 0 aromatic carbocycles. The number of rotatable bonds is 2. The van der Waals surface area contributed by atoms with E-state index in [0.29, 0.717) is 11.9 Å². The molecule has 19 heavy (non-hydrogen) atoms. The molecule has 3 heterocycles. The molecule has 0 aliphatic carbocycles. The summed E-state index contributed by atoms with van der Waals surface area (Å²) in [6.07, 6.45) is 7.41. The van der Waals surface area contributed by atoms with Gasteiger partial charge in [-0.1, -0.05) is 0 Å². The number of hydrogen-bond acceptors (Lipinski definition) is 5. The lowest BCUT2D eigenvalue weighted by Gasteiger charge is -2.34. The first kappa shape index (κ1) is 12.4. The van der Waals surface area contributed by atoms with Crippen LogP contribution in [-0.4, -0.2) is 21.9 Å². The molecule has 2 aromatic rings. The molecule has 1 aliphatic rings. The van der Waals surface area contributed by atoms with E-state index in [1.165, 1.54) is 35.8 Å². The van der Waals surface area contributed by atoms with Gasteiger partial charge in [0.25, 0.3) is 0 Å². The summed E-state index contributed by atoms with van der Waals surface area (Å²) < 4.78 is 4.36. The van der Waals surface area contributed by atoms with E-state index in [-0.39, 0.29) is 0 Å². The summed E-state index contributed by atoms with van der Waals surface area (Å²) in [6, 6.07) is 4.56. The third-order valence-electron chi connectivity index (χ3n) is 3.73. The number of nitrogen functional groups attached to an aromatic ring is 1. The molecule has 3 rings (SSSR count). The Kier molecular flexibility index (Phi) is 3.38. The van der Waals surface area contributed by atoms with Crippen LogP contribution in [0.15, 0.2) is 24.5 Å². The highest BCUT2D eigenvalue weighted by molar-refractivity contribution is 7.11. The summed E-state index contributed by atoms with van der Waals surface area (Å²) >= 11 is 1.51. The van der Waals surface area contributed by atoms with Crippen LogP contribution in [0.5, 0.6) is 0 Å². The van der Waals surface area contributed by atoms with Crippen LogP contribution in [0.2, 0.25) is 0 Å². The van der Waals surface area contributed by atoms with Crippen molar-refractivity contribution < 1.29 is 0 Å². The lowest BCUT2D eigenvalue weighted by Crippen LogP contribution is -2.37. The Hall–Kier alpha value is -1.62. The summed E-state index contributed by atoms with van der Waals surface area (Å²) in [5.74, 6) is 0.629. The van der Waals surface area contributed by atoms with Crippen molar-refractivity contribution in [1.29, 1.82) is 0 Å². The molecule has 0 bridgehead atoms. The van der Waals surface area contributed by atoms with Crippen molar-refractivity contribution in [2.45, 2.75) is 32.2 Å². The van der Waals surface area contributed by atoms with E-state index in [1.807, 2.05) is 12.1 Å². The largest absolute Gasteiger partial charge is 0.382 e. The van der Waals surface area contributed by atoms with E-state index in [2.05, 4.69) is 21.2 Å². The van der Waals surface area contributed by atoms with Crippen LogP contribution in [0, 0.1) is 0 Å². The van der Waals surface area contributed by atoms with Crippen LogP contribution < -0.4 is 10.6 Å². The van der Waals surface area contributed by atoms with Crippen molar-refractivity contribution in [2.75, 3.05) is 17.2 Å². The Bertz CT molecular complexity index is 552. The molecule has 0 amide bonds. The lowest BCUT2D eigenvalue weighted by molar-refractivity contribution is 0.487. The van der Waals surface area contributed by atoms with Gasteiger partial charge < -0.3 is 10.6 Å². The fourth-order valence-corrected chi connectivity index (χ4v) is 3.64. The van der Waals surface area contributed by atoms with Crippen LogP contribution in [0.3, 0.4) is 0 Å². The monoisotopic (exact) mass is 274 g/mol. The zero-order valence-corrected chi connectivity index (χ0v) is 11.9. The van der Waals surface area contributed by atoms with E-state index >= 15 is 0 Å². The van der Waals surface area contributed by atoms with Gasteiger partial charge in [0.05, 0.1) is 5.56 Å². The zero-order chi connectivity index (χ0) is 13.2. The zero-order valence-electron chi connectivity index (χ0n) is 11.0. The molecule has 1 saturated heterocycles. The van der Waals surface area contributed by atoms with Crippen molar-refractivity contribution >= 4 is 22.4 Å². The predicted octanol–water partition coefficient (Wildman–Crippen LogP) is 3.17. The Morgan fingerprint density at radius 3 is 2.84 bits per heavy atom. The van der Waals surface area contributed by atoms with Gasteiger partial charge in [-0.15, -0.1) is 0 Å². The second-order valence-electron chi connectivity index (χ2n) is 5.02. The van der Waals surface area contributed by atoms with E-state index in [9.17, 15) is 0 Å². The van der Waals surface area contributed by atoms with Gasteiger partial charge in [0.2, 0.25) is 0 Å². The normalized spacial score (nSPS) is 19.6. The quantitative estimate of drug-likeness (QED) is 0.914. The summed E-state index contributed by atoms with van der Waals surface area (Å²) in [4.78, 5) is 6.52. The first-order valence-corrected chi connectivity index (χ1v) is 7.47. The Labute approximate surface area is 117 Å². The van der Waals surface area contributed by atoms with Gasteiger partial charge in [0.15, 0.2) is 0 Å². The van der Waals surface area contributed by atoms with Crippen molar-refractivity contribution in [3.05, 3.63) is 24.5 Å². The Morgan fingerprint density at radius 1 is 1.32 bits per heavy atom. The van der Waals surface area contributed by atoms with Gasteiger partial charge >= 0.3 is 0 Å². The number of hydrogen-bond donors (Lipinski definition) is 1. The lowest BCUT2D eigenvalue weighted by atomic mass is 10.0. The maximum atomic E-state index is 6.08. The summed E-state index contributed by atoms with van der Waals surface area (Å²) in [6.45, 7) is 3.38. The molecule has 0 radical (unpaired) electrons.